The number of amides is 2. The summed E-state index contributed by atoms with van der Waals surface area (Å²) in [4.78, 5) is 31.4. The zero-order valence-electron chi connectivity index (χ0n) is 22.6. The summed E-state index contributed by atoms with van der Waals surface area (Å²) in [7, 11) is 1.77. The summed E-state index contributed by atoms with van der Waals surface area (Å²) in [6.07, 6.45) is 3.15. The van der Waals surface area contributed by atoms with E-state index in [9.17, 15) is 9.59 Å². The van der Waals surface area contributed by atoms with Crippen molar-refractivity contribution in [3.63, 3.8) is 0 Å². The van der Waals surface area contributed by atoms with Gasteiger partial charge in [0, 0.05) is 51.8 Å². The van der Waals surface area contributed by atoms with Gasteiger partial charge < -0.3 is 24.4 Å². The maximum atomic E-state index is 12.9. The van der Waals surface area contributed by atoms with E-state index in [0.29, 0.717) is 37.6 Å². The van der Waals surface area contributed by atoms with Gasteiger partial charge in [-0.2, -0.15) is 0 Å². The van der Waals surface area contributed by atoms with Crippen molar-refractivity contribution in [3.8, 4) is 5.75 Å². The summed E-state index contributed by atoms with van der Waals surface area (Å²) < 4.78 is 11.4. The number of carbonyl (C=O) groups excluding carboxylic acids is 2. The van der Waals surface area contributed by atoms with E-state index in [2.05, 4.69) is 4.90 Å². The average Bonchev–Trinajstić information content (AvgIpc) is 2.93. The molecule has 0 aliphatic carbocycles. The predicted molar refractivity (Wildman–Crippen MR) is 152 cm³/mol. The van der Waals surface area contributed by atoms with E-state index in [1.54, 1.807) is 11.9 Å². The fraction of sp³-hybridized carbons (Fsp3) is 0.517. The van der Waals surface area contributed by atoms with Crippen LogP contribution in [0, 0.1) is 6.92 Å². The standard InChI is InChI=1S/C29H41N3O5.ClH/c1-24-12-13-26(30(2)29(35)25-9-5-3-6-10-25)27(23-24)37-20-8-4-7-11-28(34)32-16-14-31(15-17-32)18-21-36-22-19-33;/h3,5-6,9-10,12-13,23,33H,4,7-8,11,14-22H2,1-2H3;1H. The lowest BCUT2D eigenvalue weighted by molar-refractivity contribution is -0.133. The van der Waals surface area contributed by atoms with E-state index in [1.165, 1.54) is 0 Å². The van der Waals surface area contributed by atoms with Crippen LogP contribution in [-0.2, 0) is 9.53 Å². The molecule has 1 saturated heterocycles. The number of halogens is 1. The van der Waals surface area contributed by atoms with E-state index in [-0.39, 0.29) is 30.8 Å². The first-order valence-electron chi connectivity index (χ1n) is 13.2. The van der Waals surface area contributed by atoms with Crippen LogP contribution in [0.15, 0.2) is 48.5 Å². The van der Waals surface area contributed by atoms with Crippen molar-refractivity contribution in [1.82, 2.24) is 9.80 Å². The summed E-state index contributed by atoms with van der Waals surface area (Å²) in [6.45, 7) is 7.66. The number of aryl methyl sites for hydroxylation is 1. The minimum Gasteiger partial charge on any atom is -0.491 e. The highest BCUT2D eigenvalue weighted by molar-refractivity contribution is 6.06. The van der Waals surface area contributed by atoms with E-state index < -0.39 is 0 Å². The molecule has 1 aliphatic rings. The first-order valence-corrected chi connectivity index (χ1v) is 13.2. The minimum absolute atomic E-state index is 0. The van der Waals surface area contributed by atoms with Gasteiger partial charge in [0.15, 0.2) is 0 Å². The molecule has 0 atom stereocenters. The Labute approximate surface area is 232 Å². The van der Waals surface area contributed by atoms with Crippen molar-refractivity contribution in [2.24, 2.45) is 0 Å². The number of piperazine rings is 1. The molecule has 3 rings (SSSR count). The Kier molecular flexibility index (Phi) is 14.2. The minimum atomic E-state index is -0.0799. The Bertz CT molecular complexity index is 983. The van der Waals surface area contributed by atoms with Gasteiger partial charge in [0.2, 0.25) is 5.91 Å². The number of hydrogen-bond donors (Lipinski definition) is 1. The van der Waals surface area contributed by atoms with Crippen LogP contribution in [-0.4, -0.2) is 92.9 Å². The molecule has 9 heteroatoms. The van der Waals surface area contributed by atoms with Crippen LogP contribution in [0.25, 0.3) is 0 Å². The highest BCUT2D eigenvalue weighted by Crippen LogP contribution is 2.30. The Morgan fingerprint density at radius 3 is 2.39 bits per heavy atom. The van der Waals surface area contributed by atoms with Crippen LogP contribution in [0.3, 0.4) is 0 Å². The fourth-order valence-corrected chi connectivity index (χ4v) is 4.37. The second-order valence-corrected chi connectivity index (χ2v) is 9.42. The molecule has 210 valence electrons. The van der Waals surface area contributed by atoms with Crippen LogP contribution in [0.2, 0.25) is 0 Å². The molecule has 0 spiro atoms. The highest BCUT2D eigenvalue weighted by atomic mass is 35.5. The molecular formula is C29H42ClN3O5. The van der Waals surface area contributed by atoms with E-state index in [1.807, 2.05) is 60.4 Å². The number of nitrogens with zero attached hydrogens (tertiary/aromatic N) is 3. The number of anilines is 1. The molecule has 0 saturated carbocycles. The quantitative estimate of drug-likeness (QED) is 0.362. The molecule has 2 amide bonds. The van der Waals surface area contributed by atoms with E-state index in [0.717, 1.165) is 63.2 Å². The monoisotopic (exact) mass is 547 g/mol. The summed E-state index contributed by atoms with van der Waals surface area (Å²) >= 11 is 0. The molecule has 8 nitrogen and oxygen atoms in total. The number of aliphatic hydroxyl groups excluding tert-OH is 1. The fourth-order valence-electron chi connectivity index (χ4n) is 4.37. The number of rotatable bonds is 14. The Hall–Kier alpha value is -2.65. The first-order chi connectivity index (χ1) is 18.0. The SMILES string of the molecule is Cc1ccc(N(C)C(=O)c2ccccc2)c(OCCCCCC(=O)N2CCN(CCOCCO)CC2)c1.Cl. The zero-order valence-corrected chi connectivity index (χ0v) is 23.5. The molecule has 1 aliphatic heterocycles. The van der Waals surface area contributed by atoms with Crippen molar-refractivity contribution in [1.29, 1.82) is 0 Å². The number of benzene rings is 2. The van der Waals surface area contributed by atoms with E-state index in [4.69, 9.17) is 14.6 Å². The molecule has 0 aromatic heterocycles. The van der Waals surface area contributed by atoms with Crippen molar-refractivity contribution in [2.75, 3.05) is 71.1 Å². The average molecular weight is 548 g/mol. The lowest BCUT2D eigenvalue weighted by Crippen LogP contribution is -2.49. The summed E-state index contributed by atoms with van der Waals surface area (Å²) in [5, 5.41) is 8.76. The van der Waals surface area contributed by atoms with Gasteiger partial charge in [-0.1, -0.05) is 24.3 Å². The smallest absolute Gasteiger partial charge is 0.258 e. The van der Waals surface area contributed by atoms with Crippen LogP contribution in [0.4, 0.5) is 5.69 Å². The topological polar surface area (TPSA) is 82.6 Å². The van der Waals surface area contributed by atoms with Crippen LogP contribution in [0.1, 0.15) is 41.6 Å². The molecule has 0 bridgehead atoms. The normalized spacial score (nSPS) is 13.6. The Morgan fingerprint density at radius 2 is 1.68 bits per heavy atom. The second kappa shape index (κ2) is 17.0. The summed E-state index contributed by atoms with van der Waals surface area (Å²) in [6, 6.07) is 15.1. The molecule has 1 heterocycles. The third kappa shape index (κ3) is 9.91. The van der Waals surface area contributed by atoms with Crippen LogP contribution < -0.4 is 9.64 Å². The van der Waals surface area contributed by atoms with Gasteiger partial charge in [-0.25, -0.2) is 0 Å². The highest BCUT2D eigenvalue weighted by Gasteiger charge is 2.20. The number of unbranched alkanes of at least 4 members (excludes halogenated alkanes) is 2. The zero-order chi connectivity index (χ0) is 26.5. The number of hydrogen-bond acceptors (Lipinski definition) is 6. The van der Waals surface area contributed by atoms with Gasteiger partial charge in [-0.3, -0.25) is 14.5 Å². The van der Waals surface area contributed by atoms with Gasteiger partial charge in [-0.15, -0.1) is 12.4 Å². The first kappa shape index (κ1) is 31.6. The molecule has 2 aromatic carbocycles. The van der Waals surface area contributed by atoms with Crippen molar-refractivity contribution in [3.05, 3.63) is 59.7 Å². The van der Waals surface area contributed by atoms with Crippen molar-refractivity contribution < 1.29 is 24.2 Å². The lowest BCUT2D eigenvalue weighted by atomic mass is 10.1. The molecule has 2 aromatic rings. The number of carbonyl (C=O) groups is 2. The molecular weight excluding hydrogens is 506 g/mol. The molecule has 0 unspecified atom stereocenters. The van der Waals surface area contributed by atoms with Gasteiger partial charge in [0.1, 0.15) is 5.75 Å². The van der Waals surface area contributed by atoms with Crippen molar-refractivity contribution >= 4 is 29.9 Å². The van der Waals surface area contributed by atoms with Gasteiger partial charge >= 0.3 is 0 Å². The number of ether oxygens (including phenoxy) is 2. The number of aliphatic hydroxyl groups is 1. The molecule has 38 heavy (non-hydrogen) atoms. The maximum absolute atomic E-state index is 12.9. The second-order valence-electron chi connectivity index (χ2n) is 9.42. The maximum Gasteiger partial charge on any atom is 0.258 e. The van der Waals surface area contributed by atoms with Gasteiger partial charge in [0.05, 0.1) is 32.1 Å². The van der Waals surface area contributed by atoms with Crippen molar-refractivity contribution in [2.45, 2.75) is 32.6 Å². The Balaban J connectivity index is 0.00000507. The third-order valence-corrected chi connectivity index (χ3v) is 6.61. The van der Waals surface area contributed by atoms with E-state index >= 15 is 0 Å². The summed E-state index contributed by atoms with van der Waals surface area (Å²) in [5.74, 6) is 0.838. The third-order valence-electron chi connectivity index (χ3n) is 6.61. The van der Waals surface area contributed by atoms with Crippen LogP contribution >= 0.6 is 12.4 Å². The molecule has 1 N–H and O–H groups in total. The lowest BCUT2D eigenvalue weighted by Gasteiger charge is -2.34. The summed E-state index contributed by atoms with van der Waals surface area (Å²) in [5.41, 5.74) is 2.45. The molecule has 0 radical (unpaired) electrons. The van der Waals surface area contributed by atoms with Crippen LogP contribution in [0.5, 0.6) is 5.75 Å². The predicted octanol–water partition coefficient (Wildman–Crippen LogP) is 3.79. The Morgan fingerprint density at radius 1 is 0.947 bits per heavy atom. The van der Waals surface area contributed by atoms with Gasteiger partial charge in [-0.05, 0) is 56.0 Å². The molecule has 1 fully saturated rings. The van der Waals surface area contributed by atoms with Gasteiger partial charge in [0.25, 0.3) is 5.91 Å². The largest absolute Gasteiger partial charge is 0.491 e.